The number of carboxylic acids is 1. The first-order valence-corrected chi connectivity index (χ1v) is 5.97. The molecule has 0 spiro atoms. The van der Waals surface area contributed by atoms with Gasteiger partial charge in [0.25, 0.3) is 5.69 Å². The van der Waals surface area contributed by atoms with Crippen LogP contribution in [-0.4, -0.2) is 26.0 Å². The van der Waals surface area contributed by atoms with Crippen LogP contribution in [0.1, 0.15) is 21.7 Å². The highest BCUT2D eigenvalue weighted by molar-refractivity contribution is 5.94. The Morgan fingerprint density at radius 3 is 2.67 bits per heavy atom. The van der Waals surface area contributed by atoms with Crippen LogP contribution in [0.25, 0.3) is 0 Å². The first-order valence-electron chi connectivity index (χ1n) is 5.97. The van der Waals surface area contributed by atoms with E-state index in [0.717, 1.165) is 18.0 Å². The van der Waals surface area contributed by atoms with Crippen molar-refractivity contribution in [2.75, 3.05) is 5.32 Å². The Kier molecular flexibility index (Phi) is 3.79. The van der Waals surface area contributed by atoms with Crippen LogP contribution in [0.2, 0.25) is 0 Å². The maximum atomic E-state index is 11.2. The van der Waals surface area contributed by atoms with Gasteiger partial charge in [-0.1, -0.05) is 0 Å². The van der Waals surface area contributed by atoms with Crippen molar-refractivity contribution in [1.29, 1.82) is 0 Å². The molecule has 2 rings (SSSR count). The van der Waals surface area contributed by atoms with E-state index in [0.29, 0.717) is 11.4 Å². The predicted octanol–water partition coefficient (Wildman–Crippen LogP) is 2.44. The Labute approximate surface area is 119 Å². The van der Waals surface area contributed by atoms with Crippen LogP contribution < -0.4 is 5.32 Å². The third-order valence-electron chi connectivity index (χ3n) is 2.79. The first-order chi connectivity index (χ1) is 9.88. The lowest BCUT2D eigenvalue weighted by molar-refractivity contribution is -0.385. The summed E-state index contributed by atoms with van der Waals surface area (Å²) in [6.07, 6.45) is 1.01. The average molecular weight is 288 g/mol. The number of rotatable bonds is 4. The molecule has 108 valence electrons. The van der Waals surface area contributed by atoms with Gasteiger partial charge >= 0.3 is 5.97 Å². The zero-order valence-corrected chi connectivity index (χ0v) is 11.3. The van der Waals surface area contributed by atoms with Gasteiger partial charge in [-0.15, -0.1) is 0 Å². The Morgan fingerprint density at radius 2 is 2.10 bits per heavy atom. The summed E-state index contributed by atoms with van der Waals surface area (Å²) >= 11 is 0. The summed E-state index contributed by atoms with van der Waals surface area (Å²) in [4.78, 5) is 29.3. The lowest BCUT2D eigenvalue weighted by Gasteiger charge is -2.10. The fourth-order valence-corrected chi connectivity index (χ4v) is 1.76. The van der Waals surface area contributed by atoms with Crippen LogP contribution in [0.4, 0.5) is 17.2 Å². The predicted molar refractivity (Wildman–Crippen MR) is 74.8 cm³/mol. The van der Waals surface area contributed by atoms with Crippen LogP contribution in [0.5, 0.6) is 0 Å². The number of anilines is 2. The molecule has 8 nitrogen and oxygen atoms in total. The van der Waals surface area contributed by atoms with Gasteiger partial charge in [0.1, 0.15) is 17.6 Å². The van der Waals surface area contributed by atoms with E-state index in [1.54, 1.807) is 19.1 Å². The summed E-state index contributed by atoms with van der Waals surface area (Å²) in [6, 6.07) is 4.47. The van der Waals surface area contributed by atoms with E-state index in [4.69, 9.17) is 5.11 Å². The number of hydrogen-bond donors (Lipinski definition) is 2. The minimum atomic E-state index is -1.30. The molecule has 2 aromatic rings. The number of nitrogens with one attached hydrogen (secondary N) is 1. The van der Waals surface area contributed by atoms with Gasteiger partial charge in [0.15, 0.2) is 0 Å². The quantitative estimate of drug-likeness (QED) is 0.655. The molecule has 0 bridgehead atoms. The number of hydrogen-bond acceptors (Lipinski definition) is 6. The van der Waals surface area contributed by atoms with Gasteiger partial charge in [0.05, 0.1) is 16.3 Å². The summed E-state index contributed by atoms with van der Waals surface area (Å²) in [6.45, 7) is 3.60. The summed E-state index contributed by atoms with van der Waals surface area (Å²) < 4.78 is 0. The second-order valence-corrected chi connectivity index (χ2v) is 4.36. The van der Waals surface area contributed by atoms with Gasteiger partial charge < -0.3 is 10.4 Å². The second-order valence-electron chi connectivity index (χ2n) is 4.36. The van der Waals surface area contributed by atoms with Crippen molar-refractivity contribution in [3.8, 4) is 0 Å². The molecule has 8 heteroatoms. The van der Waals surface area contributed by atoms with Gasteiger partial charge in [0.2, 0.25) is 0 Å². The van der Waals surface area contributed by atoms with E-state index < -0.39 is 10.9 Å². The SMILES string of the molecule is Cc1ccc(Nc2ncc([N+](=O)[O-])cc2C(=O)O)c(C)n1. The minimum Gasteiger partial charge on any atom is -0.478 e. The van der Waals surface area contributed by atoms with Gasteiger partial charge in [0, 0.05) is 11.8 Å². The number of carbonyl (C=O) groups is 1. The fourth-order valence-electron chi connectivity index (χ4n) is 1.76. The van der Waals surface area contributed by atoms with Crippen LogP contribution in [-0.2, 0) is 0 Å². The topological polar surface area (TPSA) is 118 Å². The van der Waals surface area contributed by atoms with Crippen molar-refractivity contribution >= 4 is 23.2 Å². The smallest absolute Gasteiger partial charge is 0.339 e. The number of nitro groups is 1. The number of carboxylic acid groups (broad SMARTS) is 1. The van der Waals surface area contributed by atoms with Crippen molar-refractivity contribution in [1.82, 2.24) is 9.97 Å². The van der Waals surface area contributed by atoms with Crippen LogP contribution in [0.15, 0.2) is 24.4 Å². The molecule has 0 saturated carbocycles. The van der Waals surface area contributed by atoms with Gasteiger partial charge in [-0.05, 0) is 26.0 Å². The van der Waals surface area contributed by atoms with Crippen molar-refractivity contribution in [2.45, 2.75) is 13.8 Å². The van der Waals surface area contributed by atoms with Crippen molar-refractivity contribution in [3.63, 3.8) is 0 Å². The summed E-state index contributed by atoms with van der Waals surface area (Å²) in [5.74, 6) is -1.27. The third-order valence-corrected chi connectivity index (χ3v) is 2.79. The molecule has 0 aromatic carbocycles. The number of aromatic nitrogens is 2. The minimum absolute atomic E-state index is 0.0295. The molecule has 2 heterocycles. The largest absolute Gasteiger partial charge is 0.478 e. The average Bonchev–Trinajstić information content (AvgIpc) is 2.41. The van der Waals surface area contributed by atoms with E-state index in [2.05, 4.69) is 15.3 Å². The molecular formula is C13H12N4O4. The molecule has 2 N–H and O–H groups in total. The maximum Gasteiger partial charge on any atom is 0.339 e. The number of nitrogens with zero attached hydrogens (tertiary/aromatic N) is 3. The molecule has 21 heavy (non-hydrogen) atoms. The van der Waals surface area contributed by atoms with Crippen LogP contribution in [0.3, 0.4) is 0 Å². The number of aromatic carboxylic acids is 1. The Balaban J connectivity index is 2.44. The van der Waals surface area contributed by atoms with E-state index in [9.17, 15) is 14.9 Å². The third kappa shape index (κ3) is 3.11. The van der Waals surface area contributed by atoms with Gasteiger partial charge in [-0.2, -0.15) is 0 Å². The second kappa shape index (κ2) is 5.53. The van der Waals surface area contributed by atoms with Crippen molar-refractivity contribution < 1.29 is 14.8 Å². The Morgan fingerprint density at radius 1 is 1.38 bits per heavy atom. The summed E-state index contributed by atoms with van der Waals surface area (Å²) in [5, 5.41) is 22.7. The van der Waals surface area contributed by atoms with Gasteiger partial charge in [-0.25, -0.2) is 9.78 Å². The van der Waals surface area contributed by atoms with Crippen molar-refractivity contribution in [3.05, 3.63) is 51.5 Å². The van der Waals surface area contributed by atoms with E-state index >= 15 is 0 Å². The molecule has 0 radical (unpaired) electrons. The number of aryl methyl sites for hydroxylation is 2. The molecule has 0 saturated heterocycles. The highest BCUT2D eigenvalue weighted by Gasteiger charge is 2.18. The van der Waals surface area contributed by atoms with Gasteiger partial charge in [-0.3, -0.25) is 15.1 Å². The molecule has 0 fully saturated rings. The molecule has 0 aliphatic heterocycles. The fraction of sp³-hybridized carbons (Fsp3) is 0.154. The molecule has 0 aliphatic rings. The highest BCUT2D eigenvalue weighted by atomic mass is 16.6. The first kappa shape index (κ1) is 14.4. The standard InChI is InChI=1S/C13H12N4O4/c1-7-3-4-11(8(2)15-7)16-12-10(13(18)19)5-9(6-14-12)17(20)21/h3-6H,1-2H3,(H,14,16)(H,18,19). The monoisotopic (exact) mass is 288 g/mol. The molecule has 0 aliphatic carbocycles. The summed E-state index contributed by atoms with van der Waals surface area (Å²) in [7, 11) is 0. The zero-order chi connectivity index (χ0) is 15.6. The van der Waals surface area contributed by atoms with E-state index in [1.165, 1.54) is 0 Å². The maximum absolute atomic E-state index is 11.2. The Hall–Kier alpha value is -3.03. The molecule has 2 aromatic heterocycles. The highest BCUT2D eigenvalue weighted by Crippen LogP contribution is 2.24. The molecule has 0 amide bonds. The zero-order valence-electron chi connectivity index (χ0n) is 11.3. The van der Waals surface area contributed by atoms with Crippen molar-refractivity contribution in [2.24, 2.45) is 0 Å². The summed E-state index contributed by atoms with van der Waals surface area (Å²) in [5.41, 5.74) is 1.44. The van der Waals surface area contributed by atoms with E-state index in [-0.39, 0.29) is 17.1 Å². The lowest BCUT2D eigenvalue weighted by Crippen LogP contribution is -2.07. The molecule has 0 unspecified atom stereocenters. The van der Waals surface area contributed by atoms with Crippen LogP contribution >= 0.6 is 0 Å². The molecule has 0 atom stereocenters. The Bertz CT molecular complexity index is 730. The van der Waals surface area contributed by atoms with E-state index in [1.807, 2.05) is 6.92 Å². The normalized spacial score (nSPS) is 10.2. The number of pyridine rings is 2. The lowest BCUT2D eigenvalue weighted by atomic mass is 10.2. The molecular weight excluding hydrogens is 276 g/mol. The van der Waals surface area contributed by atoms with Crippen LogP contribution in [0, 0.1) is 24.0 Å².